The van der Waals surface area contributed by atoms with Crippen molar-refractivity contribution < 1.29 is 13.2 Å². The average molecular weight is 394 g/mol. The van der Waals surface area contributed by atoms with Crippen molar-refractivity contribution in [2.75, 3.05) is 43.9 Å². The van der Waals surface area contributed by atoms with Crippen molar-refractivity contribution in [3.05, 3.63) is 29.8 Å². The van der Waals surface area contributed by atoms with Gasteiger partial charge in [-0.25, -0.2) is 12.7 Å². The molecule has 2 heterocycles. The molecule has 0 unspecified atom stereocenters. The van der Waals surface area contributed by atoms with Crippen molar-refractivity contribution in [3.63, 3.8) is 0 Å². The fraction of sp³-hybridized carbons (Fsp3) is 0.650. The first-order chi connectivity index (χ1) is 12.9. The Hall–Kier alpha value is -1.60. The summed E-state index contributed by atoms with van der Waals surface area (Å²) < 4.78 is 25.5. The van der Waals surface area contributed by atoms with Gasteiger partial charge in [0.2, 0.25) is 15.9 Å². The highest BCUT2D eigenvalue weighted by Crippen LogP contribution is 2.27. The Bertz CT molecular complexity index is 751. The van der Waals surface area contributed by atoms with Gasteiger partial charge in [0.05, 0.1) is 5.75 Å². The largest absolute Gasteiger partial charge is 0.371 e. The second-order valence-corrected chi connectivity index (χ2v) is 9.85. The monoisotopic (exact) mass is 393 g/mol. The van der Waals surface area contributed by atoms with E-state index in [9.17, 15) is 13.2 Å². The van der Waals surface area contributed by atoms with E-state index in [-0.39, 0.29) is 17.6 Å². The van der Waals surface area contributed by atoms with Gasteiger partial charge >= 0.3 is 0 Å². The lowest BCUT2D eigenvalue weighted by Crippen LogP contribution is -2.43. The molecule has 27 heavy (non-hydrogen) atoms. The maximum Gasteiger partial charge on any atom is 0.225 e. The Labute approximate surface area is 163 Å². The molecule has 0 atom stereocenters. The number of sulfonamides is 1. The van der Waals surface area contributed by atoms with Gasteiger partial charge in [-0.05, 0) is 44.2 Å². The van der Waals surface area contributed by atoms with Gasteiger partial charge in [0.25, 0.3) is 0 Å². The molecule has 2 saturated heterocycles. The van der Waals surface area contributed by atoms with Crippen LogP contribution in [-0.4, -0.2) is 62.5 Å². The van der Waals surface area contributed by atoms with Gasteiger partial charge in [-0.2, -0.15) is 0 Å². The first kappa shape index (κ1) is 20.1. The van der Waals surface area contributed by atoms with Crippen LogP contribution in [0, 0.1) is 5.92 Å². The Morgan fingerprint density at radius 2 is 1.74 bits per heavy atom. The lowest BCUT2D eigenvalue weighted by molar-refractivity contribution is -0.135. The zero-order chi connectivity index (χ0) is 19.4. The van der Waals surface area contributed by atoms with Crippen molar-refractivity contribution in [1.29, 1.82) is 0 Å². The first-order valence-corrected chi connectivity index (χ1v) is 11.6. The molecule has 2 aliphatic heterocycles. The van der Waals surface area contributed by atoms with E-state index in [2.05, 4.69) is 23.1 Å². The van der Waals surface area contributed by atoms with Crippen LogP contribution in [0.2, 0.25) is 0 Å². The van der Waals surface area contributed by atoms with Crippen molar-refractivity contribution >= 4 is 21.6 Å². The maximum atomic E-state index is 12.9. The summed E-state index contributed by atoms with van der Waals surface area (Å²) in [6.07, 6.45) is 3.66. The number of anilines is 1. The fourth-order valence-corrected chi connectivity index (χ4v) is 5.25. The zero-order valence-electron chi connectivity index (χ0n) is 16.4. The fourth-order valence-electron chi connectivity index (χ4n) is 4.12. The molecule has 2 aliphatic rings. The number of carbonyl (C=O) groups is 1. The van der Waals surface area contributed by atoms with E-state index in [1.54, 1.807) is 6.92 Å². The quantitative estimate of drug-likeness (QED) is 0.744. The van der Waals surface area contributed by atoms with E-state index in [0.29, 0.717) is 32.5 Å². The minimum absolute atomic E-state index is 0.0859. The Balaban J connectivity index is 1.61. The summed E-state index contributed by atoms with van der Waals surface area (Å²) in [6.45, 7) is 5.32. The molecule has 1 aromatic rings. The number of para-hydroxylation sites is 1. The van der Waals surface area contributed by atoms with E-state index >= 15 is 0 Å². The number of carbonyl (C=O) groups excluding carboxylic acids is 1. The second-order valence-electron chi connectivity index (χ2n) is 7.59. The molecule has 0 aliphatic carbocycles. The summed E-state index contributed by atoms with van der Waals surface area (Å²) in [5.74, 6) is 0.163. The highest BCUT2D eigenvalue weighted by Gasteiger charge is 2.31. The lowest BCUT2D eigenvalue weighted by atomic mass is 9.96. The van der Waals surface area contributed by atoms with Crippen molar-refractivity contribution in [2.45, 2.75) is 39.2 Å². The van der Waals surface area contributed by atoms with Gasteiger partial charge in [-0.15, -0.1) is 0 Å². The molecule has 6 nitrogen and oxygen atoms in total. The van der Waals surface area contributed by atoms with Crippen LogP contribution in [0.1, 0.15) is 38.2 Å². The Morgan fingerprint density at radius 3 is 2.37 bits per heavy atom. The number of amides is 1. The smallest absolute Gasteiger partial charge is 0.225 e. The summed E-state index contributed by atoms with van der Waals surface area (Å²) in [5, 5.41) is 0. The van der Waals surface area contributed by atoms with Crippen LogP contribution in [0.25, 0.3) is 0 Å². The molecule has 0 radical (unpaired) electrons. The predicted molar refractivity (Wildman–Crippen MR) is 108 cm³/mol. The zero-order valence-corrected chi connectivity index (χ0v) is 17.2. The highest BCUT2D eigenvalue weighted by molar-refractivity contribution is 7.89. The molecule has 1 aromatic carbocycles. The van der Waals surface area contributed by atoms with Crippen LogP contribution >= 0.6 is 0 Å². The van der Waals surface area contributed by atoms with Gasteiger partial charge in [-0.3, -0.25) is 4.79 Å². The van der Waals surface area contributed by atoms with Gasteiger partial charge < -0.3 is 9.80 Å². The normalized spacial score (nSPS) is 19.4. The number of hydrogen-bond donors (Lipinski definition) is 0. The van der Waals surface area contributed by atoms with Gasteiger partial charge in [0.15, 0.2) is 0 Å². The molecule has 3 rings (SSSR count). The van der Waals surface area contributed by atoms with Crippen LogP contribution in [0.3, 0.4) is 0 Å². The third kappa shape index (κ3) is 4.63. The maximum absolute atomic E-state index is 12.9. The third-order valence-electron chi connectivity index (χ3n) is 5.78. The number of hydrogen-bond acceptors (Lipinski definition) is 4. The van der Waals surface area contributed by atoms with Crippen molar-refractivity contribution in [1.82, 2.24) is 9.21 Å². The Kier molecular flexibility index (Phi) is 6.42. The SMILES string of the molecule is CCS(=O)(=O)N1CCC(C(=O)N(C)Cc2ccccc2N2CCCC2)CC1. The first-order valence-electron chi connectivity index (χ1n) is 9.98. The molecule has 0 aromatic heterocycles. The van der Waals surface area contributed by atoms with Gasteiger partial charge in [0.1, 0.15) is 0 Å². The molecule has 1 amide bonds. The number of piperidine rings is 1. The van der Waals surface area contributed by atoms with E-state index < -0.39 is 10.0 Å². The van der Waals surface area contributed by atoms with Crippen molar-refractivity contribution in [2.24, 2.45) is 5.92 Å². The standard InChI is InChI=1S/C20H31N3O3S/c1-3-27(25,26)23-14-10-17(11-15-23)20(24)21(2)16-18-8-4-5-9-19(18)22-12-6-7-13-22/h4-5,8-9,17H,3,6-7,10-16H2,1-2H3. The minimum Gasteiger partial charge on any atom is -0.371 e. The molecule has 2 fully saturated rings. The molecule has 0 spiro atoms. The van der Waals surface area contributed by atoms with E-state index in [0.717, 1.165) is 13.1 Å². The Morgan fingerprint density at radius 1 is 1.11 bits per heavy atom. The van der Waals surface area contributed by atoms with Crippen LogP contribution in [0.5, 0.6) is 0 Å². The minimum atomic E-state index is -3.15. The van der Waals surface area contributed by atoms with Crippen molar-refractivity contribution in [3.8, 4) is 0 Å². The van der Waals surface area contributed by atoms with Gasteiger partial charge in [-0.1, -0.05) is 18.2 Å². The summed E-state index contributed by atoms with van der Waals surface area (Å²) in [5.41, 5.74) is 2.42. The topological polar surface area (TPSA) is 60.9 Å². The average Bonchev–Trinajstić information content (AvgIpc) is 3.22. The number of nitrogens with zero attached hydrogens (tertiary/aromatic N) is 3. The molecule has 150 valence electrons. The van der Waals surface area contributed by atoms with Crippen LogP contribution in [0.4, 0.5) is 5.69 Å². The van der Waals surface area contributed by atoms with Crippen LogP contribution in [-0.2, 0) is 21.4 Å². The summed E-state index contributed by atoms with van der Waals surface area (Å²) in [6, 6.07) is 8.34. The van der Waals surface area contributed by atoms with Gasteiger partial charge in [0, 0.05) is 51.4 Å². The highest BCUT2D eigenvalue weighted by atomic mass is 32.2. The summed E-state index contributed by atoms with van der Waals surface area (Å²) >= 11 is 0. The molecule has 0 bridgehead atoms. The van der Waals surface area contributed by atoms with Crippen LogP contribution < -0.4 is 4.90 Å². The molecule has 7 heteroatoms. The van der Waals surface area contributed by atoms with E-state index in [1.165, 1.54) is 28.4 Å². The van der Waals surface area contributed by atoms with E-state index in [4.69, 9.17) is 0 Å². The molecule has 0 N–H and O–H groups in total. The predicted octanol–water partition coefficient (Wildman–Crippen LogP) is 2.31. The summed E-state index contributed by atoms with van der Waals surface area (Å²) in [4.78, 5) is 17.1. The number of rotatable bonds is 6. The summed E-state index contributed by atoms with van der Waals surface area (Å²) in [7, 11) is -1.29. The molecule has 0 saturated carbocycles. The molecular formula is C20H31N3O3S. The van der Waals surface area contributed by atoms with Crippen LogP contribution in [0.15, 0.2) is 24.3 Å². The number of benzene rings is 1. The second kappa shape index (κ2) is 8.61. The lowest BCUT2D eigenvalue weighted by Gasteiger charge is -2.32. The molecular weight excluding hydrogens is 362 g/mol. The van der Waals surface area contributed by atoms with E-state index in [1.807, 2.05) is 18.0 Å². The third-order valence-corrected chi connectivity index (χ3v) is 7.67.